The molecular weight excluding hydrogens is 268 g/mol. The molecule has 1 saturated carbocycles. The summed E-state index contributed by atoms with van der Waals surface area (Å²) >= 11 is 1.43. The molecule has 0 spiro atoms. The molecule has 2 aromatic rings. The van der Waals surface area contributed by atoms with E-state index in [2.05, 4.69) is 11.1 Å². The maximum Gasteiger partial charge on any atom is 0.195 e. The predicted octanol–water partition coefficient (Wildman–Crippen LogP) is 4.66. The Bertz CT molecular complexity index is 621. The molecule has 0 saturated heterocycles. The Morgan fingerprint density at radius 1 is 1.15 bits per heavy atom. The molecule has 0 bridgehead atoms. The summed E-state index contributed by atoms with van der Waals surface area (Å²) in [5.41, 5.74) is 0.886. The smallest absolute Gasteiger partial charge is 0.195 e. The first-order valence-corrected chi connectivity index (χ1v) is 8.14. The van der Waals surface area contributed by atoms with Crippen molar-refractivity contribution in [1.82, 2.24) is 4.98 Å². The molecule has 0 amide bonds. The Balaban J connectivity index is 1.74. The van der Waals surface area contributed by atoms with Gasteiger partial charge in [-0.3, -0.25) is 0 Å². The average molecular weight is 286 g/mol. The number of aromatic nitrogens is 1. The Morgan fingerprint density at radius 3 is 2.65 bits per heavy atom. The van der Waals surface area contributed by atoms with E-state index in [1.807, 2.05) is 18.2 Å². The summed E-state index contributed by atoms with van der Waals surface area (Å²) in [7, 11) is 0. The first-order valence-electron chi connectivity index (χ1n) is 7.32. The van der Waals surface area contributed by atoms with Crippen LogP contribution in [0.5, 0.6) is 5.75 Å². The molecular formula is C16H18N2OS. The maximum absolute atomic E-state index is 8.89. The standard InChI is InChI=1S/C16H18N2OS/c17-11-16-18-14-9-8-13(10-15(14)20-16)19-12-6-4-2-1-3-5-7-12/h8-10,12H,1-7H2. The van der Waals surface area contributed by atoms with Crippen LogP contribution in [-0.4, -0.2) is 11.1 Å². The van der Waals surface area contributed by atoms with Crippen molar-refractivity contribution in [2.45, 2.75) is 51.0 Å². The number of ether oxygens (including phenoxy) is 1. The fraction of sp³-hybridized carbons (Fsp3) is 0.500. The van der Waals surface area contributed by atoms with Gasteiger partial charge in [0.15, 0.2) is 5.01 Å². The van der Waals surface area contributed by atoms with Gasteiger partial charge in [0.25, 0.3) is 0 Å². The van der Waals surface area contributed by atoms with Crippen molar-refractivity contribution >= 4 is 21.6 Å². The molecule has 104 valence electrons. The summed E-state index contributed by atoms with van der Waals surface area (Å²) in [5.74, 6) is 0.913. The first-order chi connectivity index (χ1) is 9.85. The highest BCUT2D eigenvalue weighted by molar-refractivity contribution is 7.19. The van der Waals surface area contributed by atoms with Crippen molar-refractivity contribution in [3.63, 3.8) is 0 Å². The van der Waals surface area contributed by atoms with Crippen molar-refractivity contribution in [3.8, 4) is 11.8 Å². The summed E-state index contributed by atoms with van der Waals surface area (Å²) in [6.45, 7) is 0. The van der Waals surface area contributed by atoms with E-state index < -0.39 is 0 Å². The number of rotatable bonds is 2. The fourth-order valence-electron chi connectivity index (χ4n) is 2.76. The highest BCUT2D eigenvalue weighted by atomic mass is 32.1. The SMILES string of the molecule is N#Cc1nc2ccc(OC3CCCCCCC3)cc2s1. The number of nitriles is 1. The number of benzene rings is 1. The number of nitrogens with zero attached hydrogens (tertiary/aromatic N) is 2. The molecule has 3 rings (SSSR count). The fourth-order valence-corrected chi connectivity index (χ4v) is 3.55. The van der Waals surface area contributed by atoms with Gasteiger partial charge >= 0.3 is 0 Å². The van der Waals surface area contributed by atoms with Crippen LogP contribution in [0.2, 0.25) is 0 Å². The van der Waals surface area contributed by atoms with Crippen molar-refractivity contribution < 1.29 is 4.74 Å². The largest absolute Gasteiger partial charge is 0.490 e. The summed E-state index contributed by atoms with van der Waals surface area (Å²) in [5, 5.41) is 9.41. The Kier molecular flexibility index (Phi) is 4.17. The molecule has 1 heterocycles. The summed E-state index contributed by atoms with van der Waals surface area (Å²) in [4.78, 5) is 4.25. The summed E-state index contributed by atoms with van der Waals surface area (Å²) in [6, 6.07) is 8.04. The second kappa shape index (κ2) is 6.23. The molecule has 1 aromatic carbocycles. The number of hydrogen-bond donors (Lipinski definition) is 0. The number of thiazole rings is 1. The second-order valence-corrected chi connectivity index (χ2v) is 6.38. The van der Waals surface area contributed by atoms with E-state index in [4.69, 9.17) is 10.00 Å². The van der Waals surface area contributed by atoms with Gasteiger partial charge in [0.2, 0.25) is 0 Å². The van der Waals surface area contributed by atoms with E-state index in [0.29, 0.717) is 11.1 Å². The minimum Gasteiger partial charge on any atom is -0.490 e. The Morgan fingerprint density at radius 2 is 1.90 bits per heavy atom. The lowest BCUT2D eigenvalue weighted by molar-refractivity contribution is 0.167. The molecule has 0 unspecified atom stereocenters. The maximum atomic E-state index is 8.89. The molecule has 1 aliphatic rings. The lowest BCUT2D eigenvalue weighted by Gasteiger charge is -2.21. The minimum atomic E-state index is 0.344. The molecule has 0 radical (unpaired) electrons. The van der Waals surface area contributed by atoms with Crippen LogP contribution in [0.15, 0.2) is 18.2 Å². The summed E-state index contributed by atoms with van der Waals surface area (Å²) in [6.07, 6.45) is 9.23. The molecule has 20 heavy (non-hydrogen) atoms. The predicted molar refractivity (Wildman–Crippen MR) is 81.1 cm³/mol. The highest BCUT2D eigenvalue weighted by Gasteiger charge is 2.13. The van der Waals surface area contributed by atoms with E-state index >= 15 is 0 Å². The second-order valence-electron chi connectivity index (χ2n) is 5.35. The lowest BCUT2D eigenvalue weighted by atomic mass is 9.98. The zero-order chi connectivity index (χ0) is 13.8. The van der Waals surface area contributed by atoms with Gasteiger partial charge in [0.05, 0.1) is 16.3 Å². The molecule has 4 heteroatoms. The molecule has 0 atom stereocenters. The van der Waals surface area contributed by atoms with Gasteiger partial charge in [-0.1, -0.05) is 19.3 Å². The first kappa shape index (κ1) is 13.4. The van der Waals surface area contributed by atoms with Gasteiger partial charge in [0.1, 0.15) is 11.8 Å². The monoisotopic (exact) mass is 286 g/mol. The van der Waals surface area contributed by atoms with Crippen LogP contribution in [-0.2, 0) is 0 Å². The van der Waals surface area contributed by atoms with E-state index in [1.54, 1.807) is 0 Å². The Labute approximate surface area is 123 Å². The van der Waals surface area contributed by atoms with Gasteiger partial charge in [-0.2, -0.15) is 5.26 Å². The van der Waals surface area contributed by atoms with Crippen LogP contribution < -0.4 is 4.74 Å². The lowest BCUT2D eigenvalue weighted by Crippen LogP contribution is -2.17. The van der Waals surface area contributed by atoms with Gasteiger partial charge in [-0.25, -0.2) is 4.98 Å². The van der Waals surface area contributed by atoms with Crippen molar-refractivity contribution in [2.75, 3.05) is 0 Å². The zero-order valence-electron chi connectivity index (χ0n) is 11.5. The van der Waals surface area contributed by atoms with Crippen LogP contribution in [0.4, 0.5) is 0 Å². The molecule has 3 nitrogen and oxygen atoms in total. The number of fused-ring (bicyclic) bond motifs is 1. The van der Waals surface area contributed by atoms with Crippen molar-refractivity contribution in [3.05, 3.63) is 23.2 Å². The van der Waals surface area contributed by atoms with Gasteiger partial charge in [-0.05, 0) is 43.9 Å². The van der Waals surface area contributed by atoms with Crippen LogP contribution in [0, 0.1) is 11.3 Å². The third kappa shape index (κ3) is 3.10. The Hall–Kier alpha value is -1.60. The highest BCUT2D eigenvalue weighted by Crippen LogP contribution is 2.28. The van der Waals surface area contributed by atoms with Crippen LogP contribution in [0.1, 0.15) is 50.0 Å². The van der Waals surface area contributed by atoms with Crippen molar-refractivity contribution in [2.24, 2.45) is 0 Å². The average Bonchev–Trinajstić information content (AvgIpc) is 2.84. The topological polar surface area (TPSA) is 45.9 Å². The molecule has 0 N–H and O–H groups in total. The van der Waals surface area contributed by atoms with Gasteiger partial charge < -0.3 is 4.74 Å². The minimum absolute atomic E-state index is 0.344. The van der Waals surface area contributed by atoms with E-state index in [9.17, 15) is 0 Å². The third-order valence-electron chi connectivity index (χ3n) is 3.81. The quantitative estimate of drug-likeness (QED) is 0.806. The van der Waals surface area contributed by atoms with Gasteiger partial charge in [0, 0.05) is 0 Å². The normalized spacial score (nSPS) is 17.4. The summed E-state index contributed by atoms with van der Waals surface area (Å²) < 4.78 is 7.17. The van der Waals surface area contributed by atoms with E-state index in [0.717, 1.165) is 28.8 Å². The molecule has 1 aliphatic carbocycles. The van der Waals surface area contributed by atoms with E-state index in [-0.39, 0.29) is 0 Å². The van der Waals surface area contributed by atoms with Crippen molar-refractivity contribution in [1.29, 1.82) is 5.26 Å². The van der Waals surface area contributed by atoms with E-state index in [1.165, 1.54) is 43.4 Å². The number of hydrogen-bond acceptors (Lipinski definition) is 4. The van der Waals surface area contributed by atoms with Crippen LogP contribution in [0.25, 0.3) is 10.2 Å². The third-order valence-corrected chi connectivity index (χ3v) is 4.73. The zero-order valence-corrected chi connectivity index (χ0v) is 12.3. The molecule has 1 aromatic heterocycles. The van der Waals surface area contributed by atoms with Crippen LogP contribution in [0.3, 0.4) is 0 Å². The van der Waals surface area contributed by atoms with Crippen LogP contribution >= 0.6 is 11.3 Å². The van der Waals surface area contributed by atoms with Gasteiger partial charge in [-0.15, -0.1) is 11.3 Å². The molecule has 0 aliphatic heterocycles. The molecule has 1 fully saturated rings.